The van der Waals surface area contributed by atoms with Gasteiger partial charge in [0.25, 0.3) is 0 Å². The molecule has 0 bridgehead atoms. The zero-order valence-electron chi connectivity index (χ0n) is 15.2. The van der Waals surface area contributed by atoms with Crippen LogP contribution in [-0.4, -0.2) is 0 Å². The van der Waals surface area contributed by atoms with Crippen molar-refractivity contribution in [1.29, 1.82) is 0 Å². The van der Waals surface area contributed by atoms with Gasteiger partial charge in [0.15, 0.2) is 0 Å². The molecule has 0 spiro atoms. The summed E-state index contributed by atoms with van der Waals surface area (Å²) in [5, 5.41) is 6.33. The summed E-state index contributed by atoms with van der Waals surface area (Å²) in [4.78, 5) is 0. The van der Waals surface area contributed by atoms with E-state index in [2.05, 4.69) is 23.5 Å². The molecule has 0 aromatic heterocycles. The van der Waals surface area contributed by atoms with E-state index in [0.29, 0.717) is 18.2 Å². The SMILES string of the molecule is Fc1ccc(NCc2c(OCc3cccc(Cl)c3)ccc3ccccc23)cc1. The summed E-state index contributed by atoms with van der Waals surface area (Å²) in [7, 11) is 0. The van der Waals surface area contributed by atoms with E-state index < -0.39 is 0 Å². The van der Waals surface area contributed by atoms with Gasteiger partial charge in [-0.25, -0.2) is 4.39 Å². The van der Waals surface area contributed by atoms with E-state index in [1.54, 1.807) is 12.1 Å². The molecule has 4 aromatic carbocycles. The van der Waals surface area contributed by atoms with E-state index in [-0.39, 0.29) is 5.82 Å². The van der Waals surface area contributed by atoms with Crippen molar-refractivity contribution in [3.63, 3.8) is 0 Å². The fourth-order valence-electron chi connectivity index (χ4n) is 3.18. The van der Waals surface area contributed by atoms with Crippen LogP contribution in [0.25, 0.3) is 10.8 Å². The largest absolute Gasteiger partial charge is 0.489 e. The lowest BCUT2D eigenvalue weighted by Crippen LogP contribution is -2.04. The average molecular weight is 392 g/mol. The van der Waals surface area contributed by atoms with Crippen LogP contribution in [0.5, 0.6) is 5.75 Å². The molecule has 4 rings (SSSR count). The summed E-state index contributed by atoms with van der Waals surface area (Å²) >= 11 is 6.07. The molecule has 0 saturated carbocycles. The van der Waals surface area contributed by atoms with Gasteiger partial charge in [0.05, 0.1) is 0 Å². The smallest absolute Gasteiger partial charge is 0.125 e. The van der Waals surface area contributed by atoms with Gasteiger partial charge < -0.3 is 10.1 Å². The summed E-state index contributed by atoms with van der Waals surface area (Å²) < 4.78 is 19.3. The lowest BCUT2D eigenvalue weighted by atomic mass is 10.0. The standard InChI is InChI=1S/C24H19ClFNO/c25-19-6-3-4-17(14-19)16-28-24-13-8-18-5-1-2-7-22(18)23(24)15-27-21-11-9-20(26)10-12-21/h1-14,27H,15-16H2. The third kappa shape index (κ3) is 4.26. The monoisotopic (exact) mass is 391 g/mol. The Morgan fingerprint density at radius 2 is 1.68 bits per heavy atom. The van der Waals surface area contributed by atoms with Gasteiger partial charge in [-0.05, 0) is 58.8 Å². The number of halogens is 2. The summed E-state index contributed by atoms with van der Waals surface area (Å²) in [6.45, 7) is 1.00. The number of rotatable bonds is 6. The van der Waals surface area contributed by atoms with Crippen molar-refractivity contribution >= 4 is 28.1 Å². The molecular weight excluding hydrogens is 373 g/mol. The van der Waals surface area contributed by atoms with Crippen molar-refractivity contribution < 1.29 is 9.13 Å². The second-order valence-electron chi connectivity index (χ2n) is 6.54. The fraction of sp³-hybridized carbons (Fsp3) is 0.0833. The normalized spacial score (nSPS) is 10.8. The maximum Gasteiger partial charge on any atom is 0.125 e. The first-order valence-corrected chi connectivity index (χ1v) is 9.44. The first-order chi connectivity index (χ1) is 13.7. The van der Waals surface area contributed by atoms with Crippen LogP contribution in [-0.2, 0) is 13.2 Å². The van der Waals surface area contributed by atoms with Crippen molar-refractivity contribution in [3.05, 3.63) is 107 Å². The van der Waals surface area contributed by atoms with Crippen LogP contribution in [0.2, 0.25) is 5.02 Å². The Morgan fingerprint density at radius 1 is 0.857 bits per heavy atom. The third-order valence-electron chi connectivity index (χ3n) is 4.59. The second kappa shape index (κ2) is 8.32. The Hall–Kier alpha value is -3.04. The van der Waals surface area contributed by atoms with Crippen molar-refractivity contribution in [1.82, 2.24) is 0 Å². The Labute approximate surface area is 168 Å². The Morgan fingerprint density at radius 3 is 2.50 bits per heavy atom. The van der Waals surface area contributed by atoms with E-state index >= 15 is 0 Å². The maximum absolute atomic E-state index is 13.2. The quantitative estimate of drug-likeness (QED) is 0.389. The Balaban J connectivity index is 1.61. The molecule has 0 fully saturated rings. The van der Waals surface area contributed by atoms with Crippen LogP contribution >= 0.6 is 11.6 Å². The number of ether oxygens (including phenoxy) is 1. The molecule has 28 heavy (non-hydrogen) atoms. The molecule has 0 aliphatic rings. The van der Waals surface area contributed by atoms with E-state index in [1.165, 1.54) is 12.1 Å². The molecule has 0 amide bonds. The zero-order chi connectivity index (χ0) is 19.3. The number of anilines is 1. The summed E-state index contributed by atoms with van der Waals surface area (Å²) in [6, 6.07) is 26.3. The lowest BCUT2D eigenvalue weighted by Gasteiger charge is -2.16. The van der Waals surface area contributed by atoms with Gasteiger partial charge in [0.1, 0.15) is 18.2 Å². The highest BCUT2D eigenvalue weighted by Crippen LogP contribution is 2.30. The highest BCUT2D eigenvalue weighted by molar-refractivity contribution is 6.30. The molecule has 0 atom stereocenters. The molecule has 1 N–H and O–H groups in total. The van der Waals surface area contributed by atoms with Crippen LogP contribution in [0.15, 0.2) is 84.9 Å². The van der Waals surface area contributed by atoms with Gasteiger partial charge in [-0.3, -0.25) is 0 Å². The van der Waals surface area contributed by atoms with Crippen LogP contribution in [0, 0.1) is 5.82 Å². The number of nitrogens with one attached hydrogen (secondary N) is 1. The third-order valence-corrected chi connectivity index (χ3v) is 4.83. The zero-order valence-corrected chi connectivity index (χ0v) is 15.9. The van der Waals surface area contributed by atoms with Gasteiger partial charge >= 0.3 is 0 Å². The molecule has 0 aliphatic heterocycles. The molecule has 0 unspecified atom stereocenters. The minimum absolute atomic E-state index is 0.249. The molecule has 0 aliphatic carbocycles. The number of benzene rings is 4. The first-order valence-electron chi connectivity index (χ1n) is 9.06. The van der Waals surface area contributed by atoms with Crippen molar-refractivity contribution in [3.8, 4) is 5.75 Å². The predicted octanol–water partition coefficient (Wildman–Crippen LogP) is 6.82. The highest BCUT2D eigenvalue weighted by Gasteiger charge is 2.10. The van der Waals surface area contributed by atoms with Gasteiger partial charge in [-0.2, -0.15) is 0 Å². The van der Waals surface area contributed by atoms with Crippen molar-refractivity contribution in [2.24, 2.45) is 0 Å². The maximum atomic E-state index is 13.2. The molecular formula is C24H19ClFNO. The average Bonchev–Trinajstić information content (AvgIpc) is 2.72. The summed E-state index contributed by atoms with van der Waals surface area (Å²) in [5.41, 5.74) is 2.93. The number of hydrogen-bond donors (Lipinski definition) is 1. The topological polar surface area (TPSA) is 21.3 Å². The molecule has 4 heteroatoms. The molecule has 4 aromatic rings. The number of fused-ring (bicyclic) bond motifs is 1. The predicted molar refractivity (Wildman–Crippen MR) is 113 cm³/mol. The number of hydrogen-bond acceptors (Lipinski definition) is 2. The van der Waals surface area contributed by atoms with Gasteiger partial charge in [-0.15, -0.1) is 0 Å². The van der Waals surface area contributed by atoms with E-state index in [9.17, 15) is 4.39 Å². The first kappa shape index (κ1) is 18.3. The van der Waals surface area contributed by atoms with Crippen LogP contribution < -0.4 is 10.1 Å². The van der Waals surface area contributed by atoms with Crippen LogP contribution in [0.1, 0.15) is 11.1 Å². The molecule has 0 heterocycles. The summed E-state index contributed by atoms with van der Waals surface area (Å²) in [6.07, 6.45) is 0. The van der Waals surface area contributed by atoms with E-state index in [4.69, 9.17) is 16.3 Å². The molecule has 2 nitrogen and oxygen atoms in total. The van der Waals surface area contributed by atoms with Crippen LogP contribution in [0.3, 0.4) is 0 Å². The molecule has 140 valence electrons. The van der Waals surface area contributed by atoms with E-state index in [1.807, 2.05) is 42.5 Å². The second-order valence-corrected chi connectivity index (χ2v) is 6.98. The Kier molecular flexibility index (Phi) is 5.45. The Bertz CT molecular complexity index is 1100. The minimum atomic E-state index is -0.249. The highest BCUT2D eigenvalue weighted by atomic mass is 35.5. The van der Waals surface area contributed by atoms with Crippen LogP contribution in [0.4, 0.5) is 10.1 Å². The van der Waals surface area contributed by atoms with Crippen molar-refractivity contribution in [2.45, 2.75) is 13.2 Å². The minimum Gasteiger partial charge on any atom is -0.489 e. The lowest BCUT2D eigenvalue weighted by molar-refractivity contribution is 0.304. The fourth-order valence-corrected chi connectivity index (χ4v) is 3.39. The molecule has 0 radical (unpaired) electrons. The summed E-state index contributed by atoms with van der Waals surface area (Å²) in [5.74, 6) is 0.564. The molecule has 0 saturated heterocycles. The van der Waals surface area contributed by atoms with Gasteiger partial charge in [0, 0.05) is 22.8 Å². The van der Waals surface area contributed by atoms with E-state index in [0.717, 1.165) is 33.3 Å². The van der Waals surface area contributed by atoms with Crippen molar-refractivity contribution in [2.75, 3.05) is 5.32 Å². The van der Waals surface area contributed by atoms with Gasteiger partial charge in [-0.1, -0.05) is 54.1 Å². The van der Waals surface area contributed by atoms with Gasteiger partial charge in [0.2, 0.25) is 0 Å².